The van der Waals surface area contributed by atoms with Gasteiger partial charge in [0.05, 0.1) is 12.0 Å². The number of carbonyl (C=O) groups excluding carboxylic acids is 1. The zero-order valence-electron chi connectivity index (χ0n) is 14.6. The first kappa shape index (κ1) is 22.2. The summed E-state index contributed by atoms with van der Waals surface area (Å²) in [6.07, 6.45) is 1.26. The lowest BCUT2D eigenvalue weighted by Crippen LogP contribution is -2.19. The van der Waals surface area contributed by atoms with E-state index in [4.69, 9.17) is 11.6 Å². The Bertz CT molecular complexity index is 1030. The molecule has 0 aliphatic rings. The summed E-state index contributed by atoms with van der Waals surface area (Å²) in [4.78, 5) is 11.9. The number of hydrogen-bond acceptors (Lipinski definition) is 7. The van der Waals surface area contributed by atoms with Crippen LogP contribution in [0.25, 0.3) is 0 Å². The highest BCUT2D eigenvalue weighted by atomic mass is 79.9. The molecule has 1 amide bonds. The van der Waals surface area contributed by atoms with Gasteiger partial charge in [0.15, 0.2) is 8.68 Å². The lowest BCUT2D eigenvalue weighted by atomic mass is 10.2. The van der Waals surface area contributed by atoms with Crippen LogP contribution in [0.5, 0.6) is 0 Å². The zero-order chi connectivity index (χ0) is 20.6. The highest BCUT2D eigenvalue weighted by Crippen LogP contribution is 2.32. The highest BCUT2D eigenvalue weighted by molar-refractivity contribution is 9.10. The first-order valence-corrected chi connectivity index (χ1v) is 12.1. The van der Waals surface area contributed by atoms with Crippen molar-refractivity contribution in [2.24, 2.45) is 5.10 Å². The van der Waals surface area contributed by atoms with E-state index in [2.05, 4.69) is 36.7 Å². The molecule has 5 nitrogen and oxygen atoms in total. The molecular formula is C18H13BrClFN4OS3. The number of nitrogens with zero attached hydrogens (tertiary/aromatic N) is 3. The number of benzene rings is 2. The van der Waals surface area contributed by atoms with Crippen LogP contribution in [0.1, 0.15) is 11.1 Å². The number of aromatic nitrogens is 2. The van der Waals surface area contributed by atoms with Crippen molar-refractivity contribution in [3.05, 3.63) is 68.9 Å². The molecule has 1 heterocycles. The predicted molar refractivity (Wildman–Crippen MR) is 121 cm³/mol. The van der Waals surface area contributed by atoms with Gasteiger partial charge in [0.2, 0.25) is 0 Å². The summed E-state index contributed by atoms with van der Waals surface area (Å²) in [6.45, 7) is 0. The molecule has 0 atom stereocenters. The molecule has 1 aromatic heterocycles. The van der Waals surface area contributed by atoms with Crippen LogP contribution in [0.2, 0.25) is 5.02 Å². The van der Waals surface area contributed by atoms with Gasteiger partial charge < -0.3 is 0 Å². The van der Waals surface area contributed by atoms with Crippen LogP contribution >= 0.6 is 62.4 Å². The van der Waals surface area contributed by atoms with E-state index in [0.29, 0.717) is 10.1 Å². The lowest BCUT2D eigenvalue weighted by Gasteiger charge is -2.00. The smallest absolute Gasteiger partial charge is 0.250 e. The van der Waals surface area contributed by atoms with Crippen molar-refractivity contribution in [1.82, 2.24) is 15.6 Å². The molecule has 0 radical (unpaired) electrons. The van der Waals surface area contributed by atoms with Gasteiger partial charge in [-0.05, 0) is 29.8 Å². The minimum atomic E-state index is -0.420. The number of carbonyl (C=O) groups is 1. The lowest BCUT2D eigenvalue weighted by molar-refractivity contribution is -0.118. The number of halogens is 3. The zero-order valence-corrected chi connectivity index (χ0v) is 19.4. The van der Waals surface area contributed by atoms with E-state index >= 15 is 0 Å². The molecule has 2 aromatic carbocycles. The third-order valence-electron chi connectivity index (χ3n) is 3.37. The van der Waals surface area contributed by atoms with Gasteiger partial charge in [0.25, 0.3) is 5.91 Å². The Morgan fingerprint density at radius 1 is 1.24 bits per heavy atom. The van der Waals surface area contributed by atoms with Crippen LogP contribution in [0.3, 0.4) is 0 Å². The molecule has 3 aromatic rings. The second-order valence-electron chi connectivity index (χ2n) is 5.46. The maximum atomic E-state index is 13.6. The number of hydrazone groups is 1. The van der Waals surface area contributed by atoms with Crippen LogP contribution in [-0.4, -0.2) is 28.1 Å². The van der Waals surface area contributed by atoms with Crippen molar-refractivity contribution in [1.29, 1.82) is 0 Å². The van der Waals surface area contributed by atoms with Gasteiger partial charge in [-0.1, -0.05) is 80.6 Å². The maximum Gasteiger partial charge on any atom is 0.250 e. The Balaban J connectivity index is 1.44. The third kappa shape index (κ3) is 7.07. The van der Waals surface area contributed by atoms with Gasteiger partial charge >= 0.3 is 0 Å². The van der Waals surface area contributed by atoms with E-state index in [1.54, 1.807) is 23.9 Å². The molecule has 0 fully saturated rings. The van der Waals surface area contributed by atoms with Gasteiger partial charge in [-0.15, -0.1) is 10.2 Å². The minimum Gasteiger partial charge on any atom is -0.272 e. The van der Waals surface area contributed by atoms with Gasteiger partial charge in [0, 0.05) is 20.8 Å². The van der Waals surface area contributed by atoms with Crippen molar-refractivity contribution >= 4 is 74.5 Å². The van der Waals surface area contributed by atoms with Crippen LogP contribution in [0.15, 0.2) is 60.7 Å². The second-order valence-corrected chi connectivity index (χ2v) is 10.2. The van der Waals surface area contributed by atoms with Gasteiger partial charge in [-0.25, -0.2) is 9.82 Å². The molecule has 0 saturated heterocycles. The molecule has 29 heavy (non-hydrogen) atoms. The molecule has 11 heteroatoms. The highest BCUT2D eigenvalue weighted by Gasteiger charge is 2.09. The Kier molecular flexibility index (Phi) is 8.49. The van der Waals surface area contributed by atoms with Crippen molar-refractivity contribution < 1.29 is 9.18 Å². The summed E-state index contributed by atoms with van der Waals surface area (Å²) >= 11 is 13.6. The molecule has 0 spiro atoms. The summed E-state index contributed by atoms with van der Waals surface area (Å²) < 4.78 is 15.8. The molecule has 1 N–H and O–H groups in total. The summed E-state index contributed by atoms with van der Waals surface area (Å²) in [5, 5.41) is 12.7. The van der Waals surface area contributed by atoms with E-state index in [9.17, 15) is 9.18 Å². The van der Waals surface area contributed by atoms with Gasteiger partial charge in [0.1, 0.15) is 5.82 Å². The average Bonchev–Trinajstić information content (AvgIpc) is 3.16. The molecule has 0 bridgehead atoms. The standard InChI is InChI=1S/C18H13BrClFN4OS3/c19-13-5-6-15(21)12(7-13)8-22-23-16(26)10-28-18-25-24-17(29-18)27-9-11-3-1-2-4-14(11)20/h1-8H,9-10H2,(H,23,26)/b22-8-. The van der Waals surface area contributed by atoms with E-state index < -0.39 is 5.82 Å². The maximum absolute atomic E-state index is 13.6. The van der Waals surface area contributed by atoms with E-state index in [0.717, 1.165) is 19.4 Å². The molecule has 0 aliphatic carbocycles. The van der Waals surface area contributed by atoms with E-state index in [1.807, 2.05) is 24.3 Å². The van der Waals surface area contributed by atoms with Crippen molar-refractivity contribution in [2.45, 2.75) is 14.4 Å². The number of amides is 1. The topological polar surface area (TPSA) is 67.2 Å². The molecular weight excluding hydrogens is 519 g/mol. The second kappa shape index (κ2) is 11.1. The third-order valence-corrected chi connectivity index (χ3v) is 7.48. The first-order chi connectivity index (χ1) is 14.0. The fourth-order valence-corrected chi connectivity index (χ4v) is 5.49. The quantitative estimate of drug-likeness (QED) is 0.232. The number of thioether (sulfide) groups is 2. The largest absolute Gasteiger partial charge is 0.272 e. The fraction of sp³-hybridized carbons (Fsp3) is 0.111. The Morgan fingerprint density at radius 2 is 2.00 bits per heavy atom. The number of rotatable bonds is 8. The van der Waals surface area contributed by atoms with E-state index in [-0.39, 0.29) is 17.2 Å². The Labute approximate surface area is 192 Å². The summed E-state index contributed by atoms with van der Waals surface area (Å²) in [7, 11) is 0. The fourth-order valence-electron chi connectivity index (χ4n) is 2.02. The summed E-state index contributed by atoms with van der Waals surface area (Å²) in [5.74, 6) is 0.0843. The van der Waals surface area contributed by atoms with E-state index in [1.165, 1.54) is 35.4 Å². The van der Waals surface area contributed by atoms with Crippen molar-refractivity contribution in [2.75, 3.05) is 5.75 Å². The van der Waals surface area contributed by atoms with Crippen LogP contribution < -0.4 is 5.43 Å². The number of hydrogen-bond donors (Lipinski definition) is 1. The van der Waals surface area contributed by atoms with Crippen molar-refractivity contribution in [3.8, 4) is 0 Å². The average molecular weight is 532 g/mol. The predicted octanol–water partition coefficient (Wildman–Crippen LogP) is 5.63. The molecule has 0 unspecified atom stereocenters. The Hall–Kier alpha value is -1.46. The minimum absolute atomic E-state index is 0.127. The van der Waals surface area contributed by atoms with Crippen LogP contribution in [-0.2, 0) is 10.5 Å². The Morgan fingerprint density at radius 3 is 2.79 bits per heavy atom. The van der Waals surface area contributed by atoms with Gasteiger partial charge in [-0.3, -0.25) is 4.79 Å². The monoisotopic (exact) mass is 530 g/mol. The van der Waals surface area contributed by atoms with Crippen molar-refractivity contribution in [3.63, 3.8) is 0 Å². The first-order valence-electron chi connectivity index (χ1n) is 8.11. The van der Waals surface area contributed by atoms with Crippen LogP contribution in [0, 0.1) is 5.82 Å². The number of nitrogens with one attached hydrogen (secondary N) is 1. The van der Waals surface area contributed by atoms with Gasteiger partial charge in [-0.2, -0.15) is 5.10 Å². The molecule has 150 valence electrons. The SMILES string of the molecule is O=C(CSc1nnc(SCc2ccccc2Cl)s1)N/N=C\c1cc(Br)ccc1F. The summed E-state index contributed by atoms with van der Waals surface area (Å²) in [6, 6.07) is 12.1. The molecule has 0 saturated carbocycles. The molecule has 0 aliphatic heterocycles. The molecule has 3 rings (SSSR count). The summed E-state index contributed by atoms with van der Waals surface area (Å²) in [5.41, 5.74) is 3.68. The normalized spacial score (nSPS) is 11.1. The van der Waals surface area contributed by atoms with Crippen LogP contribution in [0.4, 0.5) is 4.39 Å².